The second kappa shape index (κ2) is 7.87. The van der Waals surface area contributed by atoms with Crippen LogP contribution in [-0.2, 0) is 0 Å². The van der Waals surface area contributed by atoms with Gasteiger partial charge in [0.2, 0.25) is 0 Å². The number of pyridine rings is 1. The standard InChI is InChI=1S/C19H15F2N3O4/c1-22-17(25)10-2-7-15-13(8-10)16(14(9-23-15)18(26)27)24-11-3-5-12(6-4-11)28-19(20)21/h2-9,19H,1H3,(H,22,25)(H,23,24)(H,26,27). The number of hydrogen-bond donors (Lipinski definition) is 3. The summed E-state index contributed by atoms with van der Waals surface area (Å²) in [6, 6.07) is 10.3. The fourth-order valence-electron chi connectivity index (χ4n) is 2.64. The Labute approximate surface area is 158 Å². The van der Waals surface area contributed by atoms with Gasteiger partial charge in [-0.25, -0.2) is 4.79 Å². The predicted octanol–water partition coefficient (Wildman–Crippen LogP) is 3.64. The highest BCUT2D eigenvalue weighted by atomic mass is 19.3. The minimum atomic E-state index is -2.94. The molecule has 3 rings (SSSR count). The van der Waals surface area contributed by atoms with E-state index < -0.39 is 12.6 Å². The summed E-state index contributed by atoms with van der Waals surface area (Å²) in [5.74, 6) is -1.57. The Bertz CT molecular complexity index is 1040. The molecule has 3 N–H and O–H groups in total. The molecule has 0 spiro atoms. The molecule has 0 aliphatic heterocycles. The van der Waals surface area contributed by atoms with Gasteiger partial charge >= 0.3 is 12.6 Å². The largest absolute Gasteiger partial charge is 0.478 e. The normalized spacial score (nSPS) is 10.7. The fourth-order valence-corrected chi connectivity index (χ4v) is 2.64. The minimum Gasteiger partial charge on any atom is -0.478 e. The summed E-state index contributed by atoms with van der Waals surface area (Å²) < 4.78 is 28.8. The third-order valence-corrected chi connectivity index (χ3v) is 3.94. The highest BCUT2D eigenvalue weighted by Gasteiger charge is 2.17. The van der Waals surface area contributed by atoms with Crippen molar-refractivity contribution in [2.75, 3.05) is 12.4 Å². The SMILES string of the molecule is CNC(=O)c1ccc2ncc(C(=O)O)c(Nc3ccc(OC(F)F)cc3)c2c1. The first kappa shape index (κ1) is 19.0. The summed E-state index contributed by atoms with van der Waals surface area (Å²) in [6.45, 7) is -2.94. The lowest BCUT2D eigenvalue weighted by atomic mass is 10.1. The topological polar surface area (TPSA) is 101 Å². The number of amides is 1. The van der Waals surface area contributed by atoms with Crippen LogP contribution in [0.1, 0.15) is 20.7 Å². The van der Waals surface area contributed by atoms with E-state index in [0.717, 1.165) is 0 Å². The Morgan fingerprint density at radius 2 is 1.86 bits per heavy atom. The van der Waals surface area contributed by atoms with Gasteiger partial charge in [-0.1, -0.05) is 0 Å². The zero-order chi connectivity index (χ0) is 20.3. The van der Waals surface area contributed by atoms with E-state index in [1.54, 1.807) is 12.1 Å². The maximum Gasteiger partial charge on any atom is 0.387 e. The van der Waals surface area contributed by atoms with Crippen molar-refractivity contribution in [1.29, 1.82) is 0 Å². The molecule has 0 unspecified atom stereocenters. The maximum absolute atomic E-state index is 12.3. The minimum absolute atomic E-state index is 0.0273. The molecule has 144 valence electrons. The molecule has 0 aliphatic rings. The first-order valence-electron chi connectivity index (χ1n) is 8.09. The molecule has 9 heteroatoms. The highest BCUT2D eigenvalue weighted by molar-refractivity contribution is 6.07. The van der Waals surface area contributed by atoms with Crippen LogP contribution in [0.2, 0.25) is 0 Å². The third-order valence-electron chi connectivity index (χ3n) is 3.94. The van der Waals surface area contributed by atoms with E-state index in [0.29, 0.717) is 22.2 Å². The lowest BCUT2D eigenvalue weighted by Gasteiger charge is -2.14. The number of fused-ring (bicyclic) bond motifs is 1. The van der Waals surface area contributed by atoms with Gasteiger partial charge in [-0.15, -0.1) is 0 Å². The smallest absolute Gasteiger partial charge is 0.387 e. The summed E-state index contributed by atoms with van der Waals surface area (Å²) >= 11 is 0. The van der Waals surface area contributed by atoms with Gasteiger partial charge in [0.05, 0.1) is 11.2 Å². The molecule has 0 bridgehead atoms. The van der Waals surface area contributed by atoms with Crippen LogP contribution >= 0.6 is 0 Å². The van der Waals surface area contributed by atoms with Crippen LogP contribution in [0.3, 0.4) is 0 Å². The van der Waals surface area contributed by atoms with E-state index in [-0.39, 0.29) is 22.9 Å². The lowest BCUT2D eigenvalue weighted by molar-refractivity contribution is -0.0498. The summed E-state index contributed by atoms with van der Waals surface area (Å²) in [5, 5.41) is 15.4. The number of carboxylic acid groups (broad SMARTS) is 1. The Morgan fingerprint density at radius 1 is 1.14 bits per heavy atom. The number of carbonyl (C=O) groups is 2. The number of anilines is 2. The predicted molar refractivity (Wildman–Crippen MR) is 98.4 cm³/mol. The second-order valence-corrected chi connectivity index (χ2v) is 5.69. The van der Waals surface area contributed by atoms with Gasteiger partial charge in [0.25, 0.3) is 5.91 Å². The highest BCUT2D eigenvalue weighted by Crippen LogP contribution is 2.31. The van der Waals surface area contributed by atoms with Gasteiger partial charge in [0.1, 0.15) is 11.3 Å². The third kappa shape index (κ3) is 3.98. The molecular formula is C19H15F2N3O4. The van der Waals surface area contributed by atoms with Gasteiger partial charge in [-0.05, 0) is 42.5 Å². The van der Waals surface area contributed by atoms with Crippen molar-refractivity contribution < 1.29 is 28.2 Å². The van der Waals surface area contributed by atoms with Crippen LogP contribution in [0.4, 0.5) is 20.2 Å². The van der Waals surface area contributed by atoms with Crippen molar-refractivity contribution in [3.63, 3.8) is 0 Å². The molecule has 0 saturated heterocycles. The number of carbonyl (C=O) groups excluding carboxylic acids is 1. The molecule has 3 aromatic rings. The molecule has 0 atom stereocenters. The average Bonchev–Trinajstić information content (AvgIpc) is 2.68. The number of alkyl halides is 2. The molecule has 0 saturated carbocycles. The molecule has 0 fully saturated rings. The van der Waals surface area contributed by atoms with Gasteiger partial charge < -0.3 is 20.5 Å². The summed E-state index contributed by atoms with van der Waals surface area (Å²) in [5.41, 5.74) is 1.39. The molecule has 7 nitrogen and oxygen atoms in total. The molecule has 1 aromatic heterocycles. The van der Waals surface area contributed by atoms with E-state index in [2.05, 4.69) is 20.4 Å². The Kier molecular flexibility index (Phi) is 5.35. The van der Waals surface area contributed by atoms with Crippen LogP contribution < -0.4 is 15.4 Å². The van der Waals surface area contributed by atoms with Crippen molar-refractivity contribution in [2.24, 2.45) is 0 Å². The quantitative estimate of drug-likeness (QED) is 0.597. The molecule has 0 radical (unpaired) electrons. The van der Waals surface area contributed by atoms with Crippen LogP contribution in [0.5, 0.6) is 5.75 Å². The molecule has 0 aliphatic carbocycles. The Hall–Kier alpha value is -3.75. The first-order valence-corrected chi connectivity index (χ1v) is 8.09. The monoisotopic (exact) mass is 387 g/mol. The van der Waals surface area contributed by atoms with Crippen molar-refractivity contribution in [1.82, 2.24) is 10.3 Å². The zero-order valence-electron chi connectivity index (χ0n) is 14.6. The van der Waals surface area contributed by atoms with Crippen LogP contribution in [0.15, 0.2) is 48.7 Å². The number of benzene rings is 2. The number of nitrogens with one attached hydrogen (secondary N) is 2. The van der Waals surface area contributed by atoms with Crippen LogP contribution in [0, 0.1) is 0 Å². The number of hydrogen-bond acceptors (Lipinski definition) is 5. The van der Waals surface area contributed by atoms with Gasteiger partial charge in [0, 0.05) is 29.9 Å². The molecular weight excluding hydrogens is 372 g/mol. The molecule has 28 heavy (non-hydrogen) atoms. The maximum atomic E-state index is 12.3. The second-order valence-electron chi connectivity index (χ2n) is 5.69. The van der Waals surface area contributed by atoms with Crippen LogP contribution in [0.25, 0.3) is 10.9 Å². The first-order chi connectivity index (χ1) is 13.4. The van der Waals surface area contributed by atoms with E-state index >= 15 is 0 Å². The number of aromatic carboxylic acids is 1. The van der Waals surface area contributed by atoms with E-state index in [9.17, 15) is 23.5 Å². The van der Waals surface area contributed by atoms with Crippen molar-refractivity contribution in [2.45, 2.75) is 6.61 Å². The number of aromatic nitrogens is 1. The van der Waals surface area contributed by atoms with Crippen molar-refractivity contribution in [3.05, 3.63) is 59.8 Å². The lowest BCUT2D eigenvalue weighted by Crippen LogP contribution is -2.17. The Balaban J connectivity index is 2.07. The molecule has 2 aromatic carbocycles. The van der Waals surface area contributed by atoms with E-state index in [4.69, 9.17) is 0 Å². The van der Waals surface area contributed by atoms with Gasteiger partial charge in [-0.3, -0.25) is 9.78 Å². The number of halogens is 2. The van der Waals surface area contributed by atoms with Gasteiger partial charge in [0.15, 0.2) is 0 Å². The molecule has 1 amide bonds. The fraction of sp³-hybridized carbons (Fsp3) is 0.105. The summed E-state index contributed by atoms with van der Waals surface area (Å²) in [4.78, 5) is 27.7. The molecule has 1 heterocycles. The van der Waals surface area contributed by atoms with E-state index in [1.807, 2.05) is 0 Å². The average molecular weight is 387 g/mol. The van der Waals surface area contributed by atoms with Crippen LogP contribution in [-0.4, -0.2) is 35.6 Å². The number of carboxylic acids is 1. The number of nitrogens with zero attached hydrogens (tertiary/aromatic N) is 1. The number of ether oxygens (including phenoxy) is 1. The van der Waals surface area contributed by atoms with E-state index in [1.165, 1.54) is 43.6 Å². The van der Waals surface area contributed by atoms with Crippen molar-refractivity contribution in [3.8, 4) is 5.75 Å². The number of rotatable bonds is 6. The van der Waals surface area contributed by atoms with Crippen molar-refractivity contribution >= 4 is 34.2 Å². The summed E-state index contributed by atoms with van der Waals surface area (Å²) in [7, 11) is 1.49. The summed E-state index contributed by atoms with van der Waals surface area (Å²) in [6.07, 6.45) is 1.21. The Morgan fingerprint density at radius 3 is 2.46 bits per heavy atom. The van der Waals surface area contributed by atoms with Gasteiger partial charge in [-0.2, -0.15) is 8.78 Å². The zero-order valence-corrected chi connectivity index (χ0v) is 14.6.